The van der Waals surface area contributed by atoms with Crippen LogP contribution in [0.3, 0.4) is 0 Å². The molecule has 0 atom stereocenters. The number of benzene rings is 2. The molecular formula is C22H25NO7. The molecule has 0 aliphatic carbocycles. The Morgan fingerprint density at radius 2 is 1.40 bits per heavy atom. The van der Waals surface area contributed by atoms with Gasteiger partial charge in [-0.2, -0.15) is 0 Å². The molecule has 30 heavy (non-hydrogen) atoms. The smallest absolute Gasteiger partial charge is 0.338 e. The van der Waals surface area contributed by atoms with E-state index < -0.39 is 24.5 Å². The largest absolute Gasteiger partial charge is 0.497 e. The maximum absolute atomic E-state index is 12.2. The van der Waals surface area contributed by atoms with Crippen molar-refractivity contribution in [1.82, 2.24) is 0 Å². The van der Waals surface area contributed by atoms with Crippen LogP contribution in [-0.2, 0) is 14.3 Å². The second kappa shape index (κ2) is 10.8. The highest BCUT2D eigenvalue weighted by Crippen LogP contribution is 2.23. The first-order chi connectivity index (χ1) is 14.3. The van der Waals surface area contributed by atoms with Gasteiger partial charge in [0.15, 0.2) is 6.61 Å². The molecular weight excluding hydrogens is 390 g/mol. The lowest BCUT2D eigenvalue weighted by atomic mass is 10.2. The van der Waals surface area contributed by atoms with E-state index in [0.717, 1.165) is 0 Å². The van der Waals surface area contributed by atoms with E-state index in [1.807, 2.05) is 13.8 Å². The molecule has 1 N–H and O–H groups in total. The average Bonchev–Trinajstić information content (AvgIpc) is 2.75. The van der Waals surface area contributed by atoms with Crippen LogP contribution in [0.25, 0.3) is 0 Å². The Balaban J connectivity index is 1.88. The number of methoxy groups -OCH3 is 2. The van der Waals surface area contributed by atoms with Crippen molar-refractivity contribution in [2.75, 3.05) is 32.8 Å². The summed E-state index contributed by atoms with van der Waals surface area (Å²) < 4.78 is 20.4. The third kappa shape index (κ3) is 6.80. The van der Waals surface area contributed by atoms with Crippen molar-refractivity contribution in [1.29, 1.82) is 0 Å². The van der Waals surface area contributed by atoms with E-state index in [2.05, 4.69) is 5.32 Å². The molecule has 2 rings (SSSR count). The SMILES string of the molecule is COc1cc(OC)cc(C(=O)OCC(=O)Nc2ccc(C(=O)OCC(C)C)cc2)c1. The highest BCUT2D eigenvalue weighted by Gasteiger charge is 2.14. The van der Waals surface area contributed by atoms with Crippen LogP contribution in [0.2, 0.25) is 0 Å². The number of hydrogen-bond acceptors (Lipinski definition) is 7. The number of carbonyl (C=O) groups excluding carboxylic acids is 3. The Bertz CT molecular complexity index is 869. The monoisotopic (exact) mass is 415 g/mol. The van der Waals surface area contributed by atoms with Gasteiger partial charge in [0.25, 0.3) is 5.91 Å². The van der Waals surface area contributed by atoms with E-state index in [4.69, 9.17) is 18.9 Å². The third-order valence-corrected chi connectivity index (χ3v) is 3.87. The van der Waals surface area contributed by atoms with Gasteiger partial charge in [0.1, 0.15) is 11.5 Å². The van der Waals surface area contributed by atoms with E-state index in [-0.39, 0.29) is 11.5 Å². The van der Waals surface area contributed by atoms with Crippen LogP contribution in [0.15, 0.2) is 42.5 Å². The Morgan fingerprint density at radius 3 is 1.93 bits per heavy atom. The number of anilines is 1. The van der Waals surface area contributed by atoms with Gasteiger partial charge in [0.2, 0.25) is 0 Å². The number of carbonyl (C=O) groups is 3. The number of ether oxygens (including phenoxy) is 4. The standard InChI is InChI=1S/C22H25NO7/c1-14(2)12-29-21(25)15-5-7-17(8-6-15)23-20(24)13-30-22(26)16-9-18(27-3)11-19(10-16)28-4/h5-11,14H,12-13H2,1-4H3,(H,23,24). The molecule has 0 unspecified atom stereocenters. The molecule has 0 aromatic heterocycles. The van der Waals surface area contributed by atoms with E-state index in [0.29, 0.717) is 29.4 Å². The molecule has 160 valence electrons. The van der Waals surface area contributed by atoms with Gasteiger partial charge in [-0.1, -0.05) is 13.8 Å². The summed E-state index contributed by atoms with van der Waals surface area (Å²) in [5.74, 6) is -0.535. The fourth-order valence-corrected chi connectivity index (χ4v) is 2.35. The first kappa shape index (κ1) is 22.7. The van der Waals surface area contributed by atoms with E-state index >= 15 is 0 Å². The maximum Gasteiger partial charge on any atom is 0.338 e. The molecule has 8 nitrogen and oxygen atoms in total. The molecule has 8 heteroatoms. The minimum absolute atomic E-state index is 0.197. The number of nitrogens with one attached hydrogen (secondary N) is 1. The van der Waals surface area contributed by atoms with Crippen LogP contribution in [-0.4, -0.2) is 45.3 Å². The van der Waals surface area contributed by atoms with Gasteiger partial charge in [0, 0.05) is 11.8 Å². The van der Waals surface area contributed by atoms with Crippen molar-refractivity contribution in [3.63, 3.8) is 0 Å². The van der Waals surface area contributed by atoms with E-state index in [1.165, 1.54) is 26.4 Å². The summed E-state index contributed by atoms with van der Waals surface area (Å²) in [5, 5.41) is 2.59. The zero-order valence-electron chi connectivity index (χ0n) is 17.4. The molecule has 0 saturated heterocycles. The van der Waals surface area contributed by atoms with Crippen LogP contribution >= 0.6 is 0 Å². The molecule has 0 bridgehead atoms. The van der Waals surface area contributed by atoms with Crippen molar-refractivity contribution in [2.24, 2.45) is 5.92 Å². The molecule has 0 heterocycles. The molecule has 0 aliphatic heterocycles. The van der Waals surface area contributed by atoms with Gasteiger partial charge in [-0.3, -0.25) is 4.79 Å². The summed E-state index contributed by atoms with van der Waals surface area (Å²) >= 11 is 0. The van der Waals surface area contributed by atoms with Gasteiger partial charge in [-0.05, 0) is 42.3 Å². The molecule has 0 spiro atoms. The van der Waals surface area contributed by atoms with Gasteiger partial charge < -0.3 is 24.3 Å². The molecule has 0 fully saturated rings. The Kier molecular flexibility index (Phi) is 8.22. The summed E-state index contributed by atoms with van der Waals surface area (Å²) in [6, 6.07) is 10.8. The van der Waals surface area contributed by atoms with Crippen molar-refractivity contribution in [3.05, 3.63) is 53.6 Å². The summed E-state index contributed by atoms with van der Waals surface area (Å²) in [7, 11) is 2.93. The summed E-state index contributed by atoms with van der Waals surface area (Å²) in [6.07, 6.45) is 0. The predicted molar refractivity (Wildman–Crippen MR) is 110 cm³/mol. The molecule has 0 saturated carbocycles. The lowest BCUT2D eigenvalue weighted by Gasteiger charge is -2.10. The van der Waals surface area contributed by atoms with E-state index in [9.17, 15) is 14.4 Å². The topological polar surface area (TPSA) is 100 Å². The number of amides is 1. The fourth-order valence-electron chi connectivity index (χ4n) is 2.35. The predicted octanol–water partition coefficient (Wildman–Crippen LogP) is 3.31. The van der Waals surface area contributed by atoms with Gasteiger partial charge >= 0.3 is 11.9 Å². The molecule has 2 aromatic carbocycles. The maximum atomic E-state index is 12.2. The van der Waals surface area contributed by atoms with Gasteiger partial charge in [0.05, 0.1) is 32.0 Å². The summed E-state index contributed by atoms with van der Waals surface area (Å²) in [4.78, 5) is 36.2. The lowest BCUT2D eigenvalue weighted by molar-refractivity contribution is -0.119. The van der Waals surface area contributed by atoms with Crippen LogP contribution in [0.1, 0.15) is 34.6 Å². The molecule has 1 amide bonds. The molecule has 0 radical (unpaired) electrons. The van der Waals surface area contributed by atoms with Crippen molar-refractivity contribution in [2.45, 2.75) is 13.8 Å². The summed E-state index contributed by atoms with van der Waals surface area (Å²) in [5.41, 5.74) is 1.04. The van der Waals surface area contributed by atoms with Crippen LogP contribution in [0.5, 0.6) is 11.5 Å². The van der Waals surface area contributed by atoms with Crippen molar-refractivity contribution >= 4 is 23.5 Å². The normalized spacial score (nSPS) is 10.3. The number of rotatable bonds is 9. The minimum atomic E-state index is -0.689. The van der Waals surface area contributed by atoms with Crippen LogP contribution < -0.4 is 14.8 Å². The highest BCUT2D eigenvalue weighted by molar-refractivity contribution is 5.96. The average molecular weight is 415 g/mol. The zero-order chi connectivity index (χ0) is 22.1. The zero-order valence-corrected chi connectivity index (χ0v) is 17.4. The van der Waals surface area contributed by atoms with Crippen molar-refractivity contribution < 1.29 is 33.3 Å². The first-order valence-corrected chi connectivity index (χ1v) is 9.29. The van der Waals surface area contributed by atoms with Crippen LogP contribution in [0, 0.1) is 5.92 Å². The second-order valence-corrected chi connectivity index (χ2v) is 6.80. The first-order valence-electron chi connectivity index (χ1n) is 9.29. The van der Waals surface area contributed by atoms with Gasteiger partial charge in [-0.25, -0.2) is 9.59 Å². The fraction of sp³-hybridized carbons (Fsp3) is 0.318. The lowest BCUT2D eigenvalue weighted by Crippen LogP contribution is -2.21. The van der Waals surface area contributed by atoms with E-state index in [1.54, 1.807) is 30.3 Å². The molecule has 0 aliphatic rings. The third-order valence-electron chi connectivity index (χ3n) is 3.87. The van der Waals surface area contributed by atoms with Gasteiger partial charge in [-0.15, -0.1) is 0 Å². The number of hydrogen-bond donors (Lipinski definition) is 1. The Hall–Kier alpha value is -3.55. The number of esters is 2. The Labute approximate surface area is 175 Å². The molecule has 2 aromatic rings. The Morgan fingerprint density at radius 1 is 0.833 bits per heavy atom. The highest BCUT2D eigenvalue weighted by atomic mass is 16.5. The summed E-state index contributed by atoms with van der Waals surface area (Å²) in [6.45, 7) is 3.76. The quantitative estimate of drug-likeness (QED) is 0.627. The van der Waals surface area contributed by atoms with Crippen LogP contribution in [0.4, 0.5) is 5.69 Å². The minimum Gasteiger partial charge on any atom is -0.497 e. The van der Waals surface area contributed by atoms with Crippen molar-refractivity contribution in [3.8, 4) is 11.5 Å². The second-order valence-electron chi connectivity index (χ2n) is 6.80.